The summed E-state index contributed by atoms with van der Waals surface area (Å²) in [6.07, 6.45) is -1.88. The number of carbonyl (C=O) groups excluding carboxylic acids is 2. The Morgan fingerprint density at radius 2 is 1.93 bits per heavy atom. The summed E-state index contributed by atoms with van der Waals surface area (Å²) in [5.74, 6) is -4.19. The van der Waals surface area contributed by atoms with Crippen molar-refractivity contribution in [2.45, 2.75) is 45.3 Å². The second-order valence-corrected chi connectivity index (χ2v) is 7.58. The molecule has 0 unspecified atom stereocenters. The number of halogens is 2. The van der Waals surface area contributed by atoms with Crippen LogP contribution in [0.3, 0.4) is 0 Å². The monoisotopic (exact) mass is 384 g/mol. The first kappa shape index (κ1) is 20.9. The first-order valence-corrected chi connectivity index (χ1v) is 8.87. The summed E-state index contributed by atoms with van der Waals surface area (Å²) >= 11 is 0. The van der Waals surface area contributed by atoms with Gasteiger partial charge in [0.15, 0.2) is 0 Å². The Balaban J connectivity index is 1.85. The van der Waals surface area contributed by atoms with Crippen molar-refractivity contribution >= 4 is 12.2 Å². The molecule has 2 rings (SSSR count). The van der Waals surface area contributed by atoms with Crippen LogP contribution in [0.1, 0.15) is 32.8 Å². The lowest BCUT2D eigenvalue weighted by atomic mass is 9.93. The second kappa shape index (κ2) is 8.54. The van der Waals surface area contributed by atoms with E-state index in [0.29, 0.717) is 0 Å². The number of ether oxygens (including phenoxy) is 2. The van der Waals surface area contributed by atoms with Crippen molar-refractivity contribution in [2.75, 3.05) is 19.6 Å². The number of hydrogen-bond acceptors (Lipinski definition) is 4. The molecular formula is C19H26F2N2O4. The van der Waals surface area contributed by atoms with Crippen LogP contribution in [0.25, 0.3) is 0 Å². The first-order valence-electron chi connectivity index (χ1n) is 8.87. The molecule has 0 saturated carbocycles. The van der Waals surface area contributed by atoms with Gasteiger partial charge >= 0.3 is 12.2 Å². The lowest BCUT2D eigenvalue weighted by molar-refractivity contribution is -0.103. The highest BCUT2D eigenvalue weighted by atomic mass is 19.3. The van der Waals surface area contributed by atoms with Crippen molar-refractivity contribution in [3.05, 3.63) is 35.9 Å². The number of alkyl halides is 2. The fourth-order valence-electron chi connectivity index (χ4n) is 2.67. The maximum Gasteiger partial charge on any atom is 0.410 e. The molecular weight excluding hydrogens is 358 g/mol. The topological polar surface area (TPSA) is 67.9 Å². The van der Waals surface area contributed by atoms with E-state index < -0.39 is 36.0 Å². The van der Waals surface area contributed by atoms with E-state index in [4.69, 9.17) is 9.47 Å². The van der Waals surface area contributed by atoms with E-state index in [1.54, 1.807) is 32.9 Å². The summed E-state index contributed by atoms with van der Waals surface area (Å²) in [7, 11) is 0. The van der Waals surface area contributed by atoms with E-state index in [1.165, 1.54) is 4.90 Å². The predicted molar refractivity (Wildman–Crippen MR) is 95.5 cm³/mol. The van der Waals surface area contributed by atoms with E-state index >= 15 is 0 Å². The number of nitrogens with one attached hydrogen (secondary N) is 1. The van der Waals surface area contributed by atoms with Gasteiger partial charge in [-0.25, -0.2) is 18.4 Å². The molecule has 2 amide bonds. The Labute approximate surface area is 157 Å². The lowest BCUT2D eigenvalue weighted by Gasteiger charge is -2.38. The minimum Gasteiger partial charge on any atom is -0.445 e. The quantitative estimate of drug-likeness (QED) is 0.857. The molecule has 0 aromatic heterocycles. The molecule has 1 aliphatic rings. The standard InChI is InChI=1S/C19H26F2N2O4/c1-18(2,3)27-17(25)23-10-9-19(20,21)15(12-23)11-22-16(24)26-13-14-7-5-4-6-8-14/h4-8,15H,9-13H2,1-3H3,(H,22,24)/t15-/m0/s1. The Hall–Kier alpha value is -2.38. The normalized spacial score (nSPS) is 19.3. The van der Waals surface area contributed by atoms with Crippen LogP contribution in [-0.4, -0.2) is 48.2 Å². The smallest absolute Gasteiger partial charge is 0.410 e. The number of rotatable bonds is 4. The molecule has 1 fully saturated rings. The van der Waals surface area contributed by atoms with Crippen LogP contribution >= 0.6 is 0 Å². The number of hydrogen-bond donors (Lipinski definition) is 1. The van der Waals surface area contributed by atoms with Gasteiger partial charge in [-0.1, -0.05) is 30.3 Å². The fraction of sp³-hybridized carbons (Fsp3) is 0.579. The molecule has 0 spiro atoms. The Morgan fingerprint density at radius 3 is 2.56 bits per heavy atom. The zero-order chi connectivity index (χ0) is 20.1. The van der Waals surface area contributed by atoms with Gasteiger partial charge in [0.05, 0.1) is 5.92 Å². The molecule has 6 nitrogen and oxygen atoms in total. The van der Waals surface area contributed by atoms with Crippen LogP contribution < -0.4 is 5.32 Å². The third-order valence-corrected chi connectivity index (χ3v) is 4.11. The number of amides is 2. The molecule has 1 saturated heterocycles. The van der Waals surface area contributed by atoms with Gasteiger partial charge in [-0.05, 0) is 26.3 Å². The van der Waals surface area contributed by atoms with E-state index in [0.717, 1.165) is 5.56 Å². The lowest BCUT2D eigenvalue weighted by Crippen LogP contribution is -2.53. The van der Waals surface area contributed by atoms with Crippen LogP contribution in [0.15, 0.2) is 30.3 Å². The molecule has 0 aliphatic carbocycles. The predicted octanol–water partition coefficient (Wildman–Crippen LogP) is 3.81. The highest BCUT2D eigenvalue weighted by Gasteiger charge is 2.45. The van der Waals surface area contributed by atoms with E-state index in [2.05, 4.69) is 5.32 Å². The summed E-state index contributed by atoms with van der Waals surface area (Å²) in [5.41, 5.74) is 0.0956. The van der Waals surface area contributed by atoms with Crippen molar-refractivity contribution < 1.29 is 27.8 Å². The van der Waals surface area contributed by atoms with Crippen LogP contribution in [0.5, 0.6) is 0 Å². The first-order chi connectivity index (χ1) is 12.6. The SMILES string of the molecule is CC(C)(C)OC(=O)N1CCC(F)(F)[C@@H](CNC(=O)OCc2ccccc2)C1. The third-order valence-electron chi connectivity index (χ3n) is 4.11. The van der Waals surface area contributed by atoms with Crippen molar-refractivity contribution in [3.8, 4) is 0 Å². The van der Waals surface area contributed by atoms with Crippen LogP contribution in [-0.2, 0) is 16.1 Å². The molecule has 1 atom stereocenters. The third kappa shape index (κ3) is 6.69. The van der Waals surface area contributed by atoms with E-state index in [9.17, 15) is 18.4 Å². The molecule has 1 N–H and O–H groups in total. The number of nitrogens with zero attached hydrogens (tertiary/aromatic N) is 1. The zero-order valence-corrected chi connectivity index (χ0v) is 15.8. The maximum atomic E-state index is 14.2. The van der Waals surface area contributed by atoms with E-state index in [1.807, 2.05) is 18.2 Å². The van der Waals surface area contributed by atoms with Gasteiger partial charge in [0, 0.05) is 26.1 Å². The van der Waals surface area contributed by atoms with Crippen molar-refractivity contribution in [1.29, 1.82) is 0 Å². The Bertz CT molecular complexity index is 647. The van der Waals surface area contributed by atoms with Gasteiger partial charge in [-0.2, -0.15) is 0 Å². The van der Waals surface area contributed by atoms with Gasteiger partial charge in [0.25, 0.3) is 5.92 Å². The molecule has 8 heteroatoms. The van der Waals surface area contributed by atoms with Gasteiger partial charge in [0.2, 0.25) is 0 Å². The van der Waals surface area contributed by atoms with Gasteiger partial charge in [0.1, 0.15) is 12.2 Å². The van der Waals surface area contributed by atoms with Gasteiger partial charge in [-0.15, -0.1) is 0 Å². The number of carbonyl (C=O) groups is 2. The molecule has 1 heterocycles. The Kier molecular flexibility index (Phi) is 6.62. The second-order valence-electron chi connectivity index (χ2n) is 7.58. The minimum absolute atomic E-state index is 0.0533. The zero-order valence-electron chi connectivity index (χ0n) is 15.8. The molecule has 1 aromatic rings. The van der Waals surface area contributed by atoms with E-state index in [-0.39, 0.29) is 26.2 Å². The van der Waals surface area contributed by atoms with Gasteiger partial charge in [-0.3, -0.25) is 0 Å². The number of likely N-dealkylation sites (tertiary alicyclic amines) is 1. The number of benzene rings is 1. The molecule has 27 heavy (non-hydrogen) atoms. The van der Waals surface area contributed by atoms with Crippen LogP contribution in [0, 0.1) is 5.92 Å². The highest BCUT2D eigenvalue weighted by Crippen LogP contribution is 2.33. The largest absolute Gasteiger partial charge is 0.445 e. The maximum absolute atomic E-state index is 14.2. The van der Waals surface area contributed by atoms with Crippen molar-refractivity contribution in [3.63, 3.8) is 0 Å². The Morgan fingerprint density at radius 1 is 1.26 bits per heavy atom. The fourth-order valence-corrected chi connectivity index (χ4v) is 2.67. The summed E-state index contributed by atoms with van der Waals surface area (Å²) < 4.78 is 38.6. The van der Waals surface area contributed by atoms with Gasteiger partial charge < -0.3 is 19.7 Å². The van der Waals surface area contributed by atoms with Crippen molar-refractivity contribution in [1.82, 2.24) is 10.2 Å². The molecule has 1 aliphatic heterocycles. The highest BCUT2D eigenvalue weighted by molar-refractivity contribution is 5.68. The van der Waals surface area contributed by atoms with Crippen LogP contribution in [0.4, 0.5) is 18.4 Å². The minimum atomic E-state index is -2.98. The average molecular weight is 384 g/mol. The molecule has 0 bridgehead atoms. The summed E-state index contributed by atoms with van der Waals surface area (Å²) in [6, 6.07) is 9.04. The van der Waals surface area contributed by atoms with Crippen molar-refractivity contribution in [2.24, 2.45) is 5.92 Å². The number of piperidine rings is 1. The average Bonchev–Trinajstić information content (AvgIpc) is 2.58. The molecule has 0 radical (unpaired) electrons. The molecule has 1 aromatic carbocycles. The summed E-state index contributed by atoms with van der Waals surface area (Å²) in [5, 5.41) is 2.37. The van der Waals surface area contributed by atoms with Crippen LogP contribution in [0.2, 0.25) is 0 Å². The molecule has 150 valence electrons. The summed E-state index contributed by atoms with van der Waals surface area (Å²) in [6.45, 7) is 4.62. The number of alkyl carbamates (subject to hydrolysis) is 1. The summed E-state index contributed by atoms with van der Waals surface area (Å²) in [4.78, 5) is 25.2.